The van der Waals surface area contributed by atoms with E-state index in [-0.39, 0.29) is 30.6 Å². The van der Waals surface area contributed by atoms with Crippen LogP contribution in [0.15, 0.2) is 34.6 Å². The number of hydrogen-bond donors (Lipinski definition) is 2. The molecule has 0 spiro atoms. The summed E-state index contributed by atoms with van der Waals surface area (Å²) in [5.74, 6) is 0.715. The van der Waals surface area contributed by atoms with E-state index >= 15 is 0 Å². The zero-order valence-corrected chi connectivity index (χ0v) is 19.5. The molecule has 29 heavy (non-hydrogen) atoms. The number of benzene rings is 1. The molecule has 1 aromatic heterocycles. The first-order valence-electron chi connectivity index (χ1n) is 9.01. The van der Waals surface area contributed by atoms with Gasteiger partial charge in [0.2, 0.25) is 0 Å². The van der Waals surface area contributed by atoms with Crippen molar-refractivity contribution in [2.24, 2.45) is 4.99 Å². The van der Waals surface area contributed by atoms with E-state index in [0.717, 1.165) is 35.8 Å². The highest BCUT2D eigenvalue weighted by atomic mass is 127. The monoisotopic (exact) mass is 542 g/mol. The van der Waals surface area contributed by atoms with Gasteiger partial charge in [0.05, 0.1) is 23.9 Å². The second-order valence-corrected chi connectivity index (χ2v) is 7.22. The first-order valence-corrected chi connectivity index (χ1v) is 9.89. The van der Waals surface area contributed by atoms with Crippen molar-refractivity contribution in [1.29, 1.82) is 0 Å². The van der Waals surface area contributed by atoms with Crippen molar-refractivity contribution in [3.63, 3.8) is 0 Å². The average Bonchev–Trinajstić information content (AvgIpc) is 3.05. The van der Waals surface area contributed by atoms with Gasteiger partial charge in [0.25, 0.3) is 0 Å². The lowest BCUT2D eigenvalue weighted by molar-refractivity contribution is -0.176. The van der Waals surface area contributed by atoms with Crippen LogP contribution in [0.5, 0.6) is 0 Å². The zero-order chi connectivity index (χ0) is 20.4. The van der Waals surface area contributed by atoms with Crippen molar-refractivity contribution in [1.82, 2.24) is 15.6 Å². The number of guanidine groups is 1. The molecule has 2 rings (SSSR count). The summed E-state index contributed by atoms with van der Waals surface area (Å²) in [6.07, 6.45) is -3.48. The predicted molar refractivity (Wildman–Crippen MR) is 121 cm³/mol. The Morgan fingerprint density at radius 3 is 2.45 bits per heavy atom. The Morgan fingerprint density at radius 1 is 1.17 bits per heavy atom. The van der Waals surface area contributed by atoms with Gasteiger partial charge in [-0.25, -0.2) is 9.98 Å². The topological polar surface area (TPSA) is 58.5 Å². The van der Waals surface area contributed by atoms with Crippen LogP contribution in [0.25, 0.3) is 0 Å². The number of nitrogens with one attached hydrogen (secondary N) is 2. The van der Waals surface area contributed by atoms with E-state index < -0.39 is 12.8 Å². The molecule has 0 amide bonds. The number of aryl methyl sites for hydroxylation is 1. The molecule has 0 aliphatic rings. The first-order chi connectivity index (χ1) is 13.4. The van der Waals surface area contributed by atoms with Crippen LogP contribution in [0.2, 0.25) is 0 Å². The van der Waals surface area contributed by atoms with Crippen LogP contribution in [-0.4, -0.2) is 36.8 Å². The van der Waals surface area contributed by atoms with Crippen molar-refractivity contribution in [3.8, 4) is 0 Å². The number of rotatable bonds is 9. The number of ether oxygens (including phenoxy) is 1. The summed E-state index contributed by atoms with van der Waals surface area (Å²) in [4.78, 5) is 8.98. The van der Waals surface area contributed by atoms with Gasteiger partial charge in [0.1, 0.15) is 6.61 Å². The first kappa shape index (κ1) is 25.6. The lowest BCUT2D eigenvalue weighted by Crippen LogP contribution is -2.38. The quantitative estimate of drug-likeness (QED) is 0.280. The Morgan fingerprint density at radius 2 is 1.86 bits per heavy atom. The summed E-state index contributed by atoms with van der Waals surface area (Å²) in [7, 11) is 0. The molecule has 10 heteroatoms. The molecule has 1 aromatic carbocycles. The molecule has 0 bridgehead atoms. The van der Waals surface area contributed by atoms with Crippen molar-refractivity contribution in [3.05, 3.63) is 51.5 Å². The number of nitrogens with zero attached hydrogens (tertiary/aromatic N) is 2. The van der Waals surface area contributed by atoms with Gasteiger partial charge in [-0.05, 0) is 25.0 Å². The molecular weight excluding hydrogens is 516 g/mol. The Hall–Kier alpha value is -1.40. The molecule has 0 aliphatic heterocycles. The van der Waals surface area contributed by atoms with Gasteiger partial charge in [-0.3, -0.25) is 0 Å². The number of hydrogen-bond acceptors (Lipinski definition) is 4. The molecule has 162 valence electrons. The van der Waals surface area contributed by atoms with Crippen molar-refractivity contribution in [2.45, 2.75) is 39.6 Å². The molecule has 0 fully saturated rings. The third kappa shape index (κ3) is 10.8. The third-order valence-electron chi connectivity index (χ3n) is 3.66. The lowest BCUT2D eigenvalue weighted by Gasteiger charge is -2.11. The summed E-state index contributed by atoms with van der Waals surface area (Å²) >= 11 is 1.64. The molecule has 1 heterocycles. The molecule has 0 aliphatic carbocycles. The number of alkyl halides is 3. The predicted octanol–water partition coefficient (Wildman–Crippen LogP) is 4.45. The lowest BCUT2D eigenvalue weighted by atomic mass is 10.1. The van der Waals surface area contributed by atoms with Gasteiger partial charge in [-0.2, -0.15) is 13.2 Å². The summed E-state index contributed by atoms with van der Waals surface area (Å²) in [6.45, 7) is 4.62. The van der Waals surface area contributed by atoms with E-state index in [1.54, 1.807) is 23.5 Å². The van der Waals surface area contributed by atoms with Crippen LogP contribution >= 0.6 is 35.3 Å². The highest BCUT2D eigenvalue weighted by Crippen LogP contribution is 2.16. The third-order valence-corrected chi connectivity index (χ3v) is 4.48. The Balaban J connectivity index is 0.00000420. The molecule has 0 atom stereocenters. The van der Waals surface area contributed by atoms with E-state index in [9.17, 15) is 13.2 Å². The van der Waals surface area contributed by atoms with Crippen LogP contribution in [0.1, 0.15) is 28.8 Å². The normalized spacial score (nSPS) is 11.8. The molecule has 2 aromatic rings. The number of thiazole rings is 1. The molecule has 0 saturated carbocycles. The number of halogens is 4. The second-order valence-electron chi connectivity index (χ2n) is 6.15. The molecular formula is C19H26F3IN4OS. The summed E-state index contributed by atoms with van der Waals surface area (Å²) in [5.41, 5.74) is 2.72. The van der Waals surface area contributed by atoms with E-state index in [2.05, 4.69) is 30.7 Å². The number of aromatic nitrogens is 1. The minimum atomic E-state index is -4.30. The zero-order valence-electron chi connectivity index (χ0n) is 16.4. The van der Waals surface area contributed by atoms with Crippen LogP contribution in [-0.2, 0) is 24.3 Å². The smallest absolute Gasteiger partial charge is 0.367 e. The highest BCUT2D eigenvalue weighted by Gasteiger charge is 2.27. The fourth-order valence-corrected chi connectivity index (χ4v) is 3.02. The van der Waals surface area contributed by atoms with E-state index in [0.29, 0.717) is 18.1 Å². The van der Waals surface area contributed by atoms with Crippen molar-refractivity contribution < 1.29 is 17.9 Å². The SMILES string of the molecule is CCNC(=NCc1ccc(COCC(F)(F)F)cc1)NCCc1csc(C)n1.I. The van der Waals surface area contributed by atoms with Gasteiger partial charge in [0, 0.05) is 24.9 Å². The van der Waals surface area contributed by atoms with Crippen LogP contribution < -0.4 is 10.6 Å². The Labute approximate surface area is 190 Å². The van der Waals surface area contributed by atoms with Gasteiger partial charge in [-0.15, -0.1) is 35.3 Å². The Kier molecular flexibility index (Phi) is 11.5. The fourth-order valence-electron chi connectivity index (χ4n) is 2.37. The van der Waals surface area contributed by atoms with Gasteiger partial charge in [-0.1, -0.05) is 24.3 Å². The maximum Gasteiger partial charge on any atom is 0.411 e. The minimum Gasteiger partial charge on any atom is -0.367 e. The van der Waals surface area contributed by atoms with E-state index in [4.69, 9.17) is 0 Å². The van der Waals surface area contributed by atoms with Crippen LogP contribution in [0.3, 0.4) is 0 Å². The fraction of sp³-hybridized carbons (Fsp3) is 0.474. The maximum absolute atomic E-state index is 12.1. The standard InChI is InChI=1S/C19H25F3N4OS.HI/c1-3-23-18(24-9-8-17-12-28-14(2)26-17)25-10-15-4-6-16(7-5-15)11-27-13-19(20,21)22;/h4-7,12H,3,8-11,13H2,1-2H3,(H2,23,24,25);1H. The van der Waals surface area contributed by atoms with Gasteiger partial charge >= 0.3 is 6.18 Å². The number of aliphatic imine (C=N–C) groups is 1. The maximum atomic E-state index is 12.1. The van der Waals surface area contributed by atoms with Crippen molar-refractivity contribution >= 4 is 41.3 Å². The average molecular weight is 542 g/mol. The molecule has 0 unspecified atom stereocenters. The van der Waals surface area contributed by atoms with Crippen LogP contribution in [0.4, 0.5) is 13.2 Å². The van der Waals surface area contributed by atoms with E-state index in [1.807, 2.05) is 26.0 Å². The second kappa shape index (κ2) is 13.0. The highest BCUT2D eigenvalue weighted by molar-refractivity contribution is 14.0. The van der Waals surface area contributed by atoms with Crippen molar-refractivity contribution in [2.75, 3.05) is 19.7 Å². The minimum absolute atomic E-state index is 0. The summed E-state index contributed by atoms with van der Waals surface area (Å²) < 4.78 is 40.9. The summed E-state index contributed by atoms with van der Waals surface area (Å²) in [5, 5.41) is 9.59. The van der Waals surface area contributed by atoms with Gasteiger partial charge in [0.15, 0.2) is 5.96 Å². The van der Waals surface area contributed by atoms with Gasteiger partial charge < -0.3 is 15.4 Å². The molecule has 2 N–H and O–H groups in total. The Bertz CT molecular complexity index is 751. The van der Waals surface area contributed by atoms with Crippen LogP contribution in [0, 0.1) is 6.92 Å². The molecule has 0 radical (unpaired) electrons. The molecule has 5 nitrogen and oxygen atoms in total. The summed E-state index contributed by atoms with van der Waals surface area (Å²) in [6, 6.07) is 7.20. The largest absolute Gasteiger partial charge is 0.411 e. The molecule has 0 saturated heterocycles. The van der Waals surface area contributed by atoms with E-state index in [1.165, 1.54) is 0 Å².